The number of carbonyl (C=O) groups is 1. The molecule has 2 heterocycles. The Hall–Kier alpha value is -3.95. The van der Waals surface area contributed by atoms with Gasteiger partial charge >= 0.3 is 5.97 Å². The minimum Gasteiger partial charge on any atom is -0.493 e. The van der Waals surface area contributed by atoms with E-state index in [2.05, 4.69) is 4.98 Å². The predicted octanol–water partition coefficient (Wildman–Crippen LogP) is 6.02. The summed E-state index contributed by atoms with van der Waals surface area (Å²) in [5.41, 5.74) is 4.10. The van der Waals surface area contributed by atoms with Crippen molar-refractivity contribution in [3.05, 3.63) is 101 Å². The molecule has 0 saturated heterocycles. The van der Waals surface area contributed by atoms with E-state index in [4.69, 9.17) is 9.15 Å². The van der Waals surface area contributed by atoms with Crippen LogP contribution in [0.5, 0.6) is 5.75 Å². The van der Waals surface area contributed by atoms with Crippen LogP contribution >= 0.6 is 0 Å². The second kappa shape index (κ2) is 12.9. The maximum Gasteiger partial charge on any atom is 0.303 e. The lowest BCUT2D eigenvalue weighted by molar-refractivity contribution is -0.136. The minimum absolute atomic E-state index is 0.0345. The standard InChI is InChI=1S/C29H28N2O6S.C2H6/c1-20-26(30-29(37-20)22-8-4-2-5-9-22)16-17-36-27-14-12-21(13-15-28(32)33)24-18-31(19-25(24)27)38(34,35)23-10-6-3-7-11-23;1-2/h2-12,14H,13,15-19H2,1H3,(H,32,33);1-2H3. The van der Waals surface area contributed by atoms with E-state index in [1.165, 1.54) is 4.31 Å². The molecule has 4 aromatic rings. The van der Waals surface area contributed by atoms with Crippen LogP contribution in [0.3, 0.4) is 0 Å². The van der Waals surface area contributed by atoms with Crippen LogP contribution in [0, 0.1) is 6.92 Å². The third-order valence-electron chi connectivity index (χ3n) is 6.65. The number of oxazole rings is 1. The smallest absolute Gasteiger partial charge is 0.303 e. The first-order valence-electron chi connectivity index (χ1n) is 13.4. The van der Waals surface area contributed by atoms with Gasteiger partial charge in [-0.1, -0.05) is 56.3 Å². The summed E-state index contributed by atoms with van der Waals surface area (Å²) in [4.78, 5) is 16.0. The number of carboxylic acid groups (broad SMARTS) is 1. The number of sulfonamides is 1. The summed E-state index contributed by atoms with van der Waals surface area (Å²) in [6.07, 6.45) is 0.800. The van der Waals surface area contributed by atoms with Gasteiger partial charge in [-0.05, 0) is 54.8 Å². The number of carboxylic acids is 1. The van der Waals surface area contributed by atoms with Gasteiger partial charge in [0.2, 0.25) is 15.9 Å². The molecular formula is C31H34N2O6S. The number of benzene rings is 3. The average Bonchev–Trinajstić information content (AvgIpc) is 3.59. The molecule has 1 aliphatic heterocycles. The summed E-state index contributed by atoms with van der Waals surface area (Å²) >= 11 is 0. The monoisotopic (exact) mass is 562 g/mol. The predicted molar refractivity (Wildman–Crippen MR) is 152 cm³/mol. The van der Waals surface area contributed by atoms with Crippen LogP contribution in [-0.2, 0) is 40.7 Å². The third-order valence-corrected chi connectivity index (χ3v) is 8.46. The van der Waals surface area contributed by atoms with E-state index in [0.717, 1.165) is 33.7 Å². The first kappa shape index (κ1) is 29.0. The summed E-state index contributed by atoms with van der Waals surface area (Å²) in [6.45, 7) is 6.52. The van der Waals surface area contributed by atoms with Crippen molar-refractivity contribution in [1.82, 2.24) is 9.29 Å². The molecule has 3 aromatic carbocycles. The molecule has 0 amide bonds. The van der Waals surface area contributed by atoms with E-state index >= 15 is 0 Å². The highest BCUT2D eigenvalue weighted by atomic mass is 32.2. The highest BCUT2D eigenvalue weighted by Crippen LogP contribution is 2.37. The molecule has 1 aromatic heterocycles. The van der Waals surface area contributed by atoms with Crippen LogP contribution in [0.15, 0.2) is 82.1 Å². The molecule has 40 heavy (non-hydrogen) atoms. The largest absolute Gasteiger partial charge is 0.493 e. The van der Waals surface area contributed by atoms with Gasteiger partial charge in [0.25, 0.3) is 0 Å². The Morgan fingerprint density at radius 3 is 2.27 bits per heavy atom. The zero-order valence-electron chi connectivity index (χ0n) is 23.0. The lowest BCUT2D eigenvalue weighted by Crippen LogP contribution is -2.25. The van der Waals surface area contributed by atoms with Crippen LogP contribution in [0.4, 0.5) is 0 Å². The van der Waals surface area contributed by atoms with Crippen molar-refractivity contribution >= 4 is 16.0 Å². The van der Waals surface area contributed by atoms with Crippen molar-refractivity contribution < 1.29 is 27.5 Å². The Bertz CT molecular complexity index is 1550. The molecule has 8 nitrogen and oxygen atoms in total. The molecular weight excluding hydrogens is 528 g/mol. The van der Waals surface area contributed by atoms with Crippen molar-refractivity contribution in [1.29, 1.82) is 0 Å². The zero-order valence-corrected chi connectivity index (χ0v) is 23.8. The molecule has 0 fully saturated rings. The van der Waals surface area contributed by atoms with E-state index in [1.54, 1.807) is 36.4 Å². The van der Waals surface area contributed by atoms with Crippen LogP contribution < -0.4 is 4.74 Å². The van der Waals surface area contributed by atoms with E-state index in [9.17, 15) is 18.3 Å². The second-order valence-corrected chi connectivity index (χ2v) is 11.1. The number of hydrogen-bond donors (Lipinski definition) is 1. The van der Waals surface area contributed by atoms with Gasteiger partial charge in [-0.15, -0.1) is 0 Å². The molecule has 1 N–H and O–H groups in total. The fourth-order valence-corrected chi connectivity index (χ4v) is 6.04. The Kier molecular flexibility index (Phi) is 9.39. The van der Waals surface area contributed by atoms with E-state index in [1.807, 2.05) is 57.2 Å². The Balaban J connectivity index is 0.00000181. The van der Waals surface area contributed by atoms with Gasteiger partial charge in [-0.2, -0.15) is 4.31 Å². The Morgan fingerprint density at radius 2 is 1.60 bits per heavy atom. The summed E-state index contributed by atoms with van der Waals surface area (Å²) in [7, 11) is -3.72. The van der Waals surface area contributed by atoms with Crippen molar-refractivity contribution in [2.45, 2.75) is 58.0 Å². The molecule has 0 radical (unpaired) electrons. The molecule has 0 unspecified atom stereocenters. The van der Waals surface area contributed by atoms with Crippen LogP contribution in [0.2, 0.25) is 0 Å². The van der Waals surface area contributed by atoms with Gasteiger partial charge < -0.3 is 14.3 Å². The fraction of sp³-hybridized carbons (Fsp3) is 0.290. The maximum absolute atomic E-state index is 13.3. The van der Waals surface area contributed by atoms with Crippen LogP contribution in [-0.4, -0.2) is 35.4 Å². The Morgan fingerprint density at radius 1 is 0.950 bits per heavy atom. The van der Waals surface area contributed by atoms with Crippen molar-refractivity contribution in [2.24, 2.45) is 0 Å². The number of fused-ring (bicyclic) bond motifs is 1. The number of aryl methyl sites for hydroxylation is 2. The maximum atomic E-state index is 13.3. The topological polar surface area (TPSA) is 110 Å². The molecule has 0 spiro atoms. The average molecular weight is 563 g/mol. The van der Waals surface area contributed by atoms with Crippen molar-refractivity contribution in [3.8, 4) is 17.2 Å². The van der Waals surface area contributed by atoms with E-state index in [-0.39, 0.29) is 24.4 Å². The highest BCUT2D eigenvalue weighted by Gasteiger charge is 2.34. The van der Waals surface area contributed by atoms with Gasteiger partial charge in [0.1, 0.15) is 11.5 Å². The molecule has 0 atom stereocenters. The molecule has 210 valence electrons. The summed E-state index contributed by atoms with van der Waals surface area (Å²) in [5, 5.41) is 9.18. The van der Waals surface area contributed by atoms with Crippen LogP contribution in [0.25, 0.3) is 11.5 Å². The highest BCUT2D eigenvalue weighted by molar-refractivity contribution is 7.89. The number of rotatable bonds is 10. The van der Waals surface area contributed by atoms with Crippen LogP contribution in [0.1, 0.15) is 48.4 Å². The van der Waals surface area contributed by atoms with Crippen molar-refractivity contribution in [2.75, 3.05) is 6.61 Å². The summed E-state index contributed by atoms with van der Waals surface area (Å²) in [5.74, 6) is 0.975. The van der Waals surface area contributed by atoms with Gasteiger partial charge in [-0.25, -0.2) is 13.4 Å². The lowest BCUT2D eigenvalue weighted by atomic mass is 9.99. The van der Waals surface area contributed by atoms with Gasteiger partial charge in [0.05, 0.1) is 17.2 Å². The molecule has 1 aliphatic rings. The molecule has 0 aliphatic carbocycles. The van der Waals surface area contributed by atoms with Crippen molar-refractivity contribution in [3.63, 3.8) is 0 Å². The summed E-state index contributed by atoms with van der Waals surface area (Å²) < 4.78 is 40.0. The molecule has 0 bridgehead atoms. The number of aliphatic carboxylic acids is 1. The number of nitrogens with zero attached hydrogens (tertiary/aromatic N) is 2. The minimum atomic E-state index is -3.72. The fourth-order valence-electron chi connectivity index (χ4n) is 4.64. The normalized spacial score (nSPS) is 12.9. The van der Waals surface area contributed by atoms with Gasteiger partial charge in [0, 0.05) is 37.1 Å². The number of aromatic nitrogens is 1. The van der Waals surface area contributed by atoms with Gasteiger partial charge in [-0.3, -0.25) is 4.79 Å². The number of hydrogen-bond acceptors (Lipinski definition) is 6. The van der Waals surface area contributed by atoms with E-state index < -0.39 is 16.0 Å². The third kappa shape index (κ3) is 6.43. The first-order valence-corrected chi connectivity index (χ1v) is 14.8. The second-order valence-electron chi connectivity index (χ2n) is 9.15. The number of ether oxygens (including phenoxy) is 1. The summed E-state index contributed by atoms with van der Waals surface area (Å²) in [6, 6.07) is 21.6. The first-order chi connectivity index (χ1) is 19.3. The molecule has 9 heteroatoms. The zero-order chi connectivity index (χ0) is 28.7. The quantitative estimate of drug-likeness (QED) is 0.252. The Labute approximate surface area is 235 Å². The van der Waals surface area contributed by atoms with E-state index in [0.29, 0.717) is 31.1 Å². The van der Waals surface area contributed by atoms with Gasteiger partial charge in [0.15, 0.2) is 0 Å². The molecule has 5 rings (SSSR count). The lowest BCUT2D eigenvalue weighted by Gasteiger charge is -2.15. The molecule has 0 saturated carbocycles. The SMILES string of the molecule is CC.Cc1oc(-c2ccccc2)nc1CCOc1ccc(CCC(=O)O)c2c1CN(S(=O)(=O)c1ccccc1)C2.